The first-order valence-electron chi connectivity index (χ1n) is 9.87. The first kappa shape index (κ1) is 18.5. The Morgan fingerprint density at radius 1 is 1.18 bits per heavy atom. The highest BCUT2D eigenvalue weighted by Gasteiger charge is 2.20. The summed E-state index contributed by atoms with van der Waals surface area (Å²) < 4.78 is 8.09. The van der Waals surface area contributed by atoms with Crippen LogP contribution in [-0.2, 0) is 13.5 Å². The maximum absolute atomic E-state index is 12.7. The third kappa shape index (κ3) is 4.02. The van der Waals surface area contributed by atoms with Crippen LogP contribution in [0, 0.1) is 0 Å². The first-order chi connectivity index (χ1) is 13.7. The summed E-state index contributed by atoms with van der Waals surface area (Å²) in [4.78, 5) is 17.2. The minimum Gasteiger partial charge on any atom is -0.488 e. The molecule has 4 rings (SSSR count). The van der Waals surface area contributed by atoms with Gasteiger partial charge in [0.1, 0.15) is 17.4 Å². The lowest BCUT2D eigenvalue weighted by molar-refractivity contribution is 0.0941. The van der Waals surface area contributed by atoms with Crippen LogP contribution in [0.1, 0.15) is 29.0 Å². The standard InChI is InChI=1S/C22H26N4O2/c1-26-20-18(8-5-9-19(20)28-17-11-13-23-14-12-17)25-21(26)22(27)24-15-10-16-6-3-2-4-7-16/h2-9,17,23H,10-15H2,1H3,(H,24,27). The number of amides is 1. The molecule has 0 bridgehead atoms. The summed E-state index contributed by atoms with van der Waals surface area (Å²) in [7, 11) is 1.87. The molecule has 1 amide bonds. The Morgan fingerprint density at radius 2 is 1.96 bits per heavy atom. The number of para-hydroxylation sites is 1. The molecule has 0 radical (unpaired) electrons. The number of piperidine rings is 1. The van der Waals surface area contributed by atoms with Crippen LogP contribution in [0.2, 0.25) is 0 Å². The summed E-state index contributed by atoms with van der Waals surface area (Å²) in [6, 6.07) is 15.9. The molecule has 146 valence electrons. The maximum atomic E-state index is 12.7. The zero-order valence-electron chi connectivity index (χ0n) is 16.1. The van der Waals surface area contributed by atoms with Crippen molar-refractivity contribution in [3.05, 3.63) is 59.9 Å². The maximum Gasteiger partial charge on any atom is 0.287 e. The van der Waals surface area contributed by atoms with Crippen molar-refractivity contribution in [2.24, 2.45) is 7.05 Å². The van der Waals surface area contributed by atoms with Crippen LogP contribution < -0.4 is 15.4 Å². The van der Waals surface area contributed by atoms with E-state index >= 15 is 0 Å². The summed E-state index contributed by atoms with van der Waals surface area (Å²) in [5, 5.41) is 6.33. The topological polar surface area (TPSA) is 68.2 Å². The Balaban J connectivity index is 1.48. The molecule has 0 saturated carbocycles. The molecule has 0 unspecified atom stereocenters. The highest BCUT2D eigenvalue weighted by molar-refractivity contribution is 5.96. The number of hydrogen-bond donors (Lipinski definition) is 2. The fourth-order valence-corrected chi connectivity index (χ4v) is 3.67. The quantitative estimate of drug-likeness (QED) is 0.692. The fourth-order valence-electron chi connectivity index (χ4n) is 3.67. The SMILES string of the molecule is Cn1c(C(=O)NCCc2ccccc2)nc2cccc(OC3CCNCC3)c21. The van der Waals surface area contributed by atoms with E-state index in [1.54, 1.807) is 0 Å². The molecule has 1 aromatic heterocycles. The van der Waals surface area contributed by atoms with Crippen molar-refractivity contribution in [3.63, 3.8) is 0 Å². The Hall–Kier alpha value is -2.86. The molecule has 2 aromatic carbocycles. The van der Waals surface area contributed by atoms with Gasteiger partial charge in [0.2, 0.25) is 0 Å². The van der Waals surface area contributed by atoms with E-state index in [4.69, 9.17) is 4.74 Å². The van der Waals surface area contributed by atoms with Crippen molar-refractivity contribution in [1.29, 1.82) is 0 Å². The molecule has 1 aliphatic rings. The molecule has 6 nitrogen and oxygen atoms in total. The lowest BCUT2D eigenvalue weighted by Crippen LogP contribution is -2.34. The molecule has 2 heterocycles. The average molecular weight is 378 g/mol. The highest BCUT2D eigenvalue weighted by atomic mass is 16.5. The van der Waals surface area contributed by atoms with E-state index in [0.717, 1.165) is 49.1 Å². The van der Waals surface area contributed by atoms with E-state index < -0.39 is 0 Å². The van der Waals surface area contributed by atoms with Gasteiger partial charge in [-0.1, -0.05) is 36.4 Å². The van der Waals surface area contributed by atoms with Gasteiger partial charge in [0.05, 0.1) is 5.52 Å². The second-order valence-corrected chi connectivity index (χ2v) is 7.18. The Bertz CT molecular complexity index is 946. The van der Waals surface area contributed by atoms with Crippen LogP contribution in [0.5, 0.6) is 5.75 Å². The van der Waals surface area contributed by atoms with Gasteiger partial charge in [0.25, 0.3) is 5.91 Å². The fraction of sp³-hybridized carbons (Fsp3) is 0.364. The Kier molecular flexibility index (Phi) is 5.58. The van der Waals surface area contributed by atoms with Crippen molar-refractivity contribution in [2.75, 3.05) is 19.6 Å². The Morgan fingerprint density at radius 3 is 2.75 bits per heavy atom. The van der Waals surface area contributed by atoms with Gasteiger partial charge in [0.15, 0.2) is 5.82 Å². The van der Waals surface area contributed by atoms with Crippen molar-refractivity contribution in [3.8, 4) is 5.75 Å². The minimum absolute atomic E-state index is 0.164. The molecule has 1 aliphatic heterocycles. The summed E-state index contributed by atoms with van der Waals surface area (Å²) in [5.41, 5.74) is 2.85. The van der Waals surface area contributed by atoms with Crippen LogP contribution in [0.25, 0.3) is 11.0 Å². The third-order valence-corrected chi connectivity index (χ3v) is 5.18. The van der Waals surface area contributed by atoms with Crippen LogP contribution in [-0.4, -0.2) is 41.2 Å². The number of hydrogen-bond acceptors (Lipinski definition) is 4. The van der Waals surface area contributed by atoms with Crippen molar-refractivity contribution in [1.82, 2.24) is 20.2 Å². The molecule has 28 heavy (non-hydrogen) atoms. The van der Waals surface area contributed by atoms with E-state index in [2.05, 4.69) is 27.8 Å². The molecule has 1 fully saturated rings. The van der Waals surface area contributed by atoms with Crippen molar-refractivity contribution >= 4 is 16.9 Å². The second-order valence-electron chi connectivity index (χ2n) is 7.18. The van der Waals surface area contributed by atoms with Gasteiger partial charge in [-0.05, 0) is 50.0 Å². The van der Waals surface area contributed by atoms with Gasteiger partial charge in [-0.2, -0.15) is 0 Å². The number of rotatable bonds is 6. The number of fused-ring (bicyclic) bond motifs is 1. The van der Waals surface area contributed by atoms with E-state index in [0.29, 0.717) is 12.4 Å². The number of imidazole rings is 1. The molecule has 1 saturated heterocycles. The lowest BCUT2D eigenvalue weighted by atomic mass is 10.1. The molecule has 0 spiro atoms. The Labute approximate surface area is 164 Å². The van der Waals surface area contributed by atoms with Crippen LogP contribution in [0.4, 0.5) is 0 Å². The largest absolute Gasteiger partial charge is 0.488 e. The predicted molar refractivity (Wildman–Crippen MR) is 110 cm³/mol. The number of ether oxygens (including phenoxy) is 1. The summed E-state index contributed by atoms with van der Waals surface area (Å²) >= 11 is 0. The number of nitrogens with zero attached hydrogens (tertiary/aromatic N) is 2. The number of carbonyl (C=O) groups is 1. The zero-order chi connectivity index (χ0) is 19.3. The lowest BCUT2D eigenvalue weighted by Gasteiger charge is -2.24. The normalized spacial score (nSPS) is 14.9. The number of aryl methyl sites for hydroxylation is 1. The van der Waals surface area contributed by atoms with Gasteiger partial charge < -0.3 is 19.9 Å². The van der Waals surface area contributed by atoms with Crippen molar-refractivity contribution in [2.45, 2.75) is 25.4 Å². The van der Waals surface area contributed by atoms with Crippen LogP contribution in [0.3, 0.4) is 0 Å². The minimum atomic E-state index is -0.164. The number of carbonyl (C=O) groups excluding carboxylic acids is 1. The first-order valence-corrected chi connectivity index (χ1v) is 9.87. The smallest absolute Gasteiger partial charge is 0.287 e. The van der Waals surface area contributed by atoms with E-state index in [9.17, 15) is 4.79 Å². The molecular weight excluding hydrogens is 352 g/mol. The summed E-state index contributed by atoms with van der Waals surface area (Å²) in [6.07, 6.45) is 2.97. The van der Waals surface area contributed by atoms with Gasteiger partial charge in [-0.25, -0.2) is 4.98 Å². The molecule has 6 heteroatoms. The zero-order valence-corrected chi connectivity index (χ0v) is 16.1. The van der Waals surface area contributed by atoms with Gasteiger partial charge in [0, 0.05) is 13.6 Å². The molecule has 0 aliphatic carbocycles. The number of aromatic nitrogens is 2. The van der Waals surface area contributed by atoms with E-state index in [1.807, 2.05) is 48.0 Å². The van der Waals surface area contributed by atoms with E-state index in [1.165, 1.54) is 5.56 Å². The van der Waals surface area contributed by atoms with Crippen LogP contribution in [0.15, 0.2) is 48.5 Å². The summed E-state index contributed by atoms with van der Waals surface area (Å²) in [5.74, 6) is 1.04. The van der Waals surface area contributed by atoms with Crippen molar-refractivity contribution < 1.29 is 9.53 Å². The molecular formula is C22H26N4O2. The van der Waals surface area contributed by atoms with Gasteiger partial charge >= 0.3 is 0 Å². The summed E-state index contributed by atoms with van der Waals surface area (Å²) in [6.45, 7) is 2.52. The number of nitrogens with one attached hydrogen (secondary N) is 2. The van der Waals surface area contributed by atoms with Gasteiger partial charge in [-0.15, -0.1) is 0 Å². The monoisotopic (exact) mass is 378 g/mol. The average Bonchev–Trinajstić information content (AvgIpc) is 3.07. The predicted octanol–water partition coefficient (Wildman–Crippen LogP) is 2.68. The number of benzene rings is 2. The molecule has 0 atom stereocenters. The molecule has 2 N–H and O–H groups in total. The second kappa shape index (κ2) is 8.44. The highest BCUT2D eigenvalue weighted by Crippen LogP contribution is 2.28. The third-order valence-electron chi connectivity index (χ3n) is 5.18. The van der Waals surface area contributed by atoms with Crippen LogP contribution >= 0.6 is 0 Å². The van der Waals surface area contributed by atoms with Gasteiger partial charge in [-0.3, -0.25) is 4.79 Å². The van der Waals surface area contributed by atoms with E-state index in [-0.39, 0.29) is 12.0 Å². The molecule has 3 aromatic rings.